The number of amides is 1. The van der Waals surface area contributed by atoms with E-state index in [9.17, 15) is 14.4 Å². The van der Waals surface area contributed by atoms with E-state index in [1.165, 1.54) is 4.57 Å². The van der Waals surface area contributed by atoms with Crippen molar-refractivity contribution in [2.24, 2.45) is 0 Å². The maximum Gasteiger partial charge on any atom is 0.329 e. The van der Waals surface area contributed by atoms with Gasteiger partial charge in [-0.15, -0.1) is 0 Å². The van der Waals surface area contributed by atoms with Gasteiger partial charge in [0.1, 0.15) is 0 Å². The molecule has 10 heteroatoms. The first kappa shape index (κ1) is 25.0. The average Bonchev–Trinajstić information content (AvgIpc) is 3.32. The maximum atomic E-state index is 13.4. The van der Waals surface area contributed by atoms with E-state index in [0.717, 1.165) is 5.56 Å². The Bertz CT molecular complexity index is 1540. The maximum absolute atomic E-state index is 13.4. The van der Waals surface area contributed by atoms with Gasteiger partial charge in [0.2, 0.25) is 11.7 Å². The average molecular weight is 491 g/mol. The lowest BCUT2D eigenvalue weighted by Crippen LogP contribution is -2.32. The second kappa shape index (κ2) is 9.52. The molecular weight excluding hydrogens is 460 g/mol. The molecule has 0 aliphatic rings. The van der Waals surface area contributed by atoms with Crippen molar-refractivity contribution in [3.05, 3.63) is 68.3 Å². The molecule has 0 unspecified atom stereocenters. The Morgan fingerprint density at radius 3 is 2.42 bits per heavy atom. The Morgan fingerprint density at radius 2 is 1.83 bits per heavy atom. The first-order valence-corrected chi connectivity index (χ1v) is 11.9. The summed E-state index contributed by atoms with van der Waals surface area (Å²) in [6, 6.07) is 8.63. The van der Waals surface area contributed by atoms with Gasteiger partial charge >= 0.3 is 5.69 Å². The van der Waals surface area contributed by atoms with Crippen LogP contribution in [-0.4, -0.2) is 30.6 Å². The Morgan fingerprint density at radius 1 is 1.14 bits per heavy atom. The van der Waals surface area contributed by atoms with Crippen LogP contribution in [0, 0.1) is 0 Å². The Labute approximate surface area is 207 Å². The second-order valence-electron chi connectivity index (χ2n) is 10.1. The summed E-state index contributed by atoms with van der Waals surface area (Å²) in [6.07, 6.45) is 0.667. The third-order valence-corrected chi connectivity index (χ3v) is 5.72. The zero-order valence-corrected chi connectivity index (χ0v) is 21.3. The molecule has 0 bridgehead atoms. The fourth-order valence-electron chi connectivity index (χ4n) is 3.75. The van der Waals surface area contributed by atoms with E-state index < -0.39 is 17.2 Å². The number of aryl methyl sites for hydroxylation is 1. The van der Waals surface area contributed by atoms with Crippen LogP contribution >= 0.6 is 0 Å². The molecule has 0 radical (unpaired) electrons. The fourth-order valence-corrected chi connectivity index (χ4v) is 3.75. The van der Waals surface area contributed by atoms with Crippen molar-refractivity contribution < 1.29 is 9.32 Å². The van der Waals surface area contributed by atoms with Crippen molar-refractivity contribution in [2.45, 2.75) is 65.8 Å². The molecule has 1 aromatic carbocycles. The van der Waals surface area contributed by atoms with Gasteiger partial charge in [-0.3, -0.25) is 19.1 Å². The van der Waals surface area contributed by atoms with Crippen LogP contribution in [-0.2, 0) is 12.0 Å². The van der Waals surface area contributed by atoms with E-state index in [1.54, 1.807) is 30.3 Å². The highest BCUT2D eigenvalue weighted by Gasteiger charge is 2.23. The number of rotatable bonds is 6. The minimum Gasteiger partial charge on any atom is -0.338 e. The summed E-state index contributed by atoms with van der Waals surface area (Å²) in [7, 11) is 0. The van der Waals surface area contributed by atoms with Crippen molar-refractivity contribution in [1.82, 2.24) is 24.7 Å². The standard InChI is InChI=1S/C26H30N6O4/c1-7-12-32-21-19(23(34)30-25(32)35)17(13-18(28-21)14(2)3)22(33)27-16-10-8-15(9-11-16)20-29-24(36-31-20)26(4,5)6/h8-11,13-14H,7,12H2,1-6H3,(H,27,33)(H,30,34,35). The van der Waals surface area contributed by atoms with E-state index >= 15 is 0 Å². The number of fused-ring (bicyclic) bond motifs is 1. The highest BCUT2D eigenvalue weighted by molar-refractivity contribution is 6.11. The lowest BCUT2D eigenvalue weighted by atomic mass is 9.97. The van der Waals surface area contributed by atoms with Gasteiger partial charge in [-0.25, -0.2) is 9.78 Å². The Balaban J connectivity index is 1.71. The molecule has 36 heavy (non-hydrogen) atoms. The van der Waals surface area contributed by atoms with Crippen LogP contribution in [0.3, 0.4) is 0 Å². The van der Waals surface area contributed by atoms with Crippen molar-refractivity contribution in [3.8, 4) is 11.4 Å². The molecule has 10 nitrogen and oxygen atoms in total. The van der Waals surface area contributed by atoms with E-state index in [1.807, 2.05) is 41.5 Å². The van der Waals surface area contributed by atoms with Gasteiger partial charge < -0.3 is 9.84 Å². The molecule has 4 rings (SSSR count). The summed E-state index contributed by atoms with van der Waals surface area (Å²) in [5.41, 5.74) is 0.807. The number of H-pyrrole nitrogens is 1. The first-order valence-electron chi connectivity index (χ1n) is 11.9. The second-order valence-corrected chi connectivity index (χ2v) is 10.1. The third kappa shape index (κ3) is 4.84. The van der Waals surface area contributed by atoms with Gasteiger partial charge in [-0.05, 0) is 42.7 Å². The summed E-state index contributed by atoms with van der Waals surface area (Å²) in [6.45, 7) is 12.1. The fraction of sp³-hybridized carbons (Fsp3) is 0.385. The molecule has 3 aromatic heterocycles. The van der Waals surface area contributed by atoms with Gasteiger partial charge in [0.15, 0.2) is 5.65 Å². The minimum atomic E-state index is -0.641. The van der Waals surface area contributed by atoms with E-state index in [-0.39, 0.29) is 27.9 Å². The van der Waals surface area contributed by atoms with Crippen LogP contribution in [0.2, 0.25) is 0 Å². The number of hydrogen-bond donors (Lipinski definition) is 2. The SMILES string of the molecule is CCCn1c(=O)[nH]c(=O)c2c(C(=O)Nc3ccc(-c4noc(C(C)(C)C)n4)cc3)cc(C(C)C)nc21. The number of carbonyl (C=O) groups excluding carboxylic acids is 1. The van der Waals surface area contributed by atoms with Crippen molar-refractivity contribution >= 4 is 22.6 Å². The molecule has 0 atom stereocenters. The van der Waals surface area contributed by atoms with E-state index in [2.05, 4.69) is 25.4 Å². The number of carbonyl (C=O) groups is 1. The largest absolute Gasteiger partial charge is 0.338 e. The quantitative estimate of drug-likeness (QED) is 0.413. The summed E-state index contributed by atoms with van der Waals surface area (Å²) in [5.74, 6) is 0.503. The van der Waals surface area contributed by atoms with Crippen molar-refractivity contribution in [3.63, 3.8) is 0 Å². The number of anilines is 1. The summed E-state index contributed by atoms with van der Waals surface area (Å²) in [4.78, 5) is 49.9. The van der Waals surface area contributed by atoms with Crippen LogP contribution < -0.4 is 16.6 Å². The molecule has 188 valence electrons. The zero-order chi connectivity index (χ0) is 26.2. The summed E-state index contributed by atoms with van der Waals surface area (Å²) >= 11 is 0. The number of aromatic amines is 1. The Kier molecular flexibility index (Phi) is 6.62. The lowest BCUT2D eigenvalue weighted by molar-refractivity contribution is 0.102. The topological polar surface area (TPSA) is 136 Å². The van der Waals surface area contributed by atoms with Crippen LogP contribution in [0.4, 0.5) is 5.69 Å². The number of nitrogens with zero attached hydrogens (tertiary/aromatic N) is 4. The Hall–Kier alpha value is -4.08. The van der Waals surface area contributed by atoms with Crippen LogP contribution in [0.25, 0.3) is 22.4 Å². The molecule has 1 amide bonds. The molecule has 4 aromatic rings. The third-order valence-electron chi connectivity index (χ3n) is 5.72. The van der Waals surface area contributed by atoms with Crippen molar-refractivity contribution in [2.75, 3.05) is 5.32 Å². The predicted molar refractivity (Wildman–Crippen MR) is 137 cm³/mol. The van der Waals surface area contributed by atoms with E-state index in [4.69, 9.17) is 4.52 Å². The molecule has 3 heterocycles. The lowest BCUT2D eigenvalue weighted by Gasteiger charge is -2.14. The molecule has 0 aliphatic heterocycles. The number of hydrogen-bond acceptors (Lipinski definition) is 7. The van der Waals surface area contributed by atoms with Crippen molar-refractivity contribution in [1.29, 1.82) is 0 Å². The van der Waals surface area contributed by atoms with Gasteiger partial charge in [0.05, 0.1) is 10.9 Å². The van der Waals surface area contributed by atoms with Gasteiger partial charge in [-0.2, -0.15) is 4.98 Å². The molecule has 0 aliphatic carbocycles. The normalized spacial score (nSPS) is 11.9. The number of pyridine rings is 1. The van der Waals surface area contributed by atoms with Crippen LogP contribution in [0.15, 0.2) is 44.4 Å². The smallest absolute Gasteiger partial charge is 0.329 e. The molecule has 0 saturated carbocycles. The number of benzene rings is 1. The van der Waals surface area contributed by atoms with Crippen LogP contribution in [0.5, 0.6) is 0 Å². The highest BCUT2D eigenvalue weighted by atomic mass is 16.5. The summed E-state index contributed by atoms with van der Waals surface area (Å²) < 4.78 is 6.77. The molecule has 2 N–H and O–H groups in total. The predicted octanol–water partition coefficient (Wildman–Crippen LogP) is 4.22. The summed E-state index contributed by atoms with van der Waals surface area (Å²) in [5, 5.41) is 6.98. The van der Waals surface area contributed by atoms with Gasteiger partial charge in [-0.1, -0.05) is 46.7 Å². The molecule has 0 fully saturated rings. The van der Waals surface area contributed by atoms with Gasteiger partial charge in [0, 0.05) is 28.9 Å². The highest BCUT2D eigenvalue weighted by Crippen LogP contribution is 2.25. The minimum absolute atomic E-state index is 0.0161. The monoisotopic (exact) mass is 490 g/mol. The zero-order valence-electron chi connectivity index (χ0n) is 21.3. The number of nitrogens with one attached hydrogen (secondary N) is 2. The van der Waals surface area contributed by atoms with E-state index in [0.29, 0.717) is 36.1 Å². The molecular formula is C26H30N6O4. The molecule has 0 spiro atoms. The molecule has 0 saturated heterocycles. The first-order chi connectivity index (χ1) is 17.0. The van der Waals surface area contributed by atoms with Crippen LogP contribution in [0.1, 0.15) is 75.8 Å². The number of aromatic nitrogens is 5. The van der Waals surface area contributed by atoms with Gasteiger partial charge in [0.25, 0.3) is 11.5 Å².